The van der Waals surface area contributed by atoms with Gasteiger partial charge in [0.1, 0.15) is 10.6 Å². The number of hydrogen-bond donors (Lipinski definition) is 2. The third-order valence-electron chi connectivity index (χ3n) is 4.91. The lowest BCUT2D eigenvalue weighted by Crippen LogP contribution is -2.19. The van der Waals surface area contributed by atoms with Gasteiger partial charge in [-0.25, -0.2) is 13.6 Å². The number of halogens is 2. The van der Waals surface area contributed by atoms with Crippen LogP contribution in [0.15, 0.2) is 41.3 Å². The van der Waals surface area contributed by atoms with Crippen molar-refractivity contribution in [3.63, 3.8) is 0 Å². The molecule has 0 aromatic heterocycles. The van der Waals surface area contributed by atoms with Gasteiger partial charge in [0.25, 0.3) is 0 Å². The van der Waals surface area contributed by atoms with Gasteiger partial charge >= 0.3 is 0 Å². The standard InChI is InChI=1S/C21H25ClN2O4S.ClH/c22-18-6-2-1-5-15(18)8-11-24-10-4-3-7-19(25)17-13-16-9-12-28-21(16)20(14-17)29(23,26)27;/h1-2,5-6,13-14,24H,3-4,7-12H2,(H2,23,26,27);1H. The molecule has 0 saturated heterocycles. The molecule has 1 aliphatic rings. The number of Topliss-reactive ketones (excluding diaryl/α,β-unsaturated/α-hetero) is 1. The van der Waals surface area contributed by atoms with E-state index in [4.69, 9.17) is 21.5 Å². The Morgan fingerprint density at radius 1 is 1.17 bits per heavy atom. The number of nitrogens with two attached hydrogens (primary N) is 1. The van der Waals surface area contributed by atoms with Gasteiger partial charge in [-0.3, -0.25) is 4.79 Å². The van der Waals surface area contributed by atoms with Gasteiger partial charge in [0.05, 0.1) is 6.61 Å². The summed E-state index contributed by atoms with van der Waals surface area (Å²) < 4.78 is 29.0. The molecular formula is C21H26Cl2N2O4S. The van der Waals surface area contributed by atoms with E-state index < -0.39 is 10.0 Å². The van der Waals surface area contributed by atoms with Gasteiger partial charge < -0.3 is 10.1 Å². The smallest absolute Gasteiger partial charge is 0.241 e. The molecule has 0 radical (unpaired) electrons. The van der Waals surface area contributed by atoms with Crippen molar-refractivity contribution < 1.29 is 17.9 Å². The molecule has 0 fully saturated rings. The molecule has 1 heterocycles. The van der Waals surface area contributed by atoms with E-state index in [1.807, 2.05) is 24.3 Å². The van der Waals surface area contributed by atoms with Gasteiger partial charge in [-0.2, -0.15) is 0 Å². The van der Waals surface area contributed by atoms with Crippen molar-refractivity contribution in [2.45, 2.75) is 37.0 Å². The summed E-state index contributed by atoms with van der Waals surface area (Å²) in [6.07, 6.45) is 3.36. The zero-order valence-electron chi connectivity index (χ0n) is 16.5. The second-order valence-electron chi connectivity index (χ2n) is 7.08. The molecule has 0 amide bonds. The number of hydrogen-bond acceptors (Lipinski definition) is 5. The quantitative estimate of drug-likeness (QED) is 0.407. The molecule has 0 aliphatic carbocycles. The number of nitrogens with one attached hydrogen (secondary N) is 1. The van der Waals surface area contributed by atoms with Crippen LogP contribution in [0.2, 0.25) is 5.02 Å². The van der Waals surface area contributed by atoms with Crippen LogP contribution in [0.3, 0.4) is 0 Å². The number of ether oxygens (including phenoxy) is 1. The van der Waals surface area contributed by atoms with Crippen LogP contribution < -0.4 is 15.2 Å². The number of carbonyl (C=O) groups excluding carboxylic acids is 1. The number of primary sulfonamides is 1. The molecule has 0 spiro atoms. The van der Waals surface area contributed by atoms with Gasteiger partial charge in [-0.15, -0.1) is 12.4 Å². The molecule has 2 aromatic rings. The molecule has 0 bridgehead atoms. The van der Waals surface area contributed by atoms with E-state index in [9.17, 15) is 13.2 Å². The average molecular weight is 473 g/mol. The molecule has 6 nitrogen and oxygen atoms in total. The van der Waals surface area contributed by atoms with Crippen LogP contribution in [0.4, 0.5) is 0 Å². The molecule has 164 valence electrons. The predicted octanol–water partition coefficient (Wildman–Crippen LogP) is 3.53. The van der Waals surface area contributed by atoms with Crippen molar-refractivity contribution in [3.05, 3.63) is 58.1 Å². The van der Waals surface area contributed by atoms with E-state index in [-0.39, 0.29) is 28.8 Å². The van der Waals surface area contributed by atoms with Crippen molar-refractivity contribution in [2.24, 2.45) is 5.14 Å². The lowest BCUT2D eigenvalue weighted by molar-refractivity contribution is 0.0979. The van der Waals surface area contributed by atoms with E-state index in [1.54, 1.807) is 6.07 Å². The number of benzene rings is 2. The molecule has 3 rings (SSSR count). The number of fused-ring (bicyclic) bond motifs is 1. The molecule has 0 atom stereocenters. The Morgan fingerprint density at radius 3 is 2.67 bits per heavy atom. The Labute approximate surface area is 188 Å². The highest BCUT2D eigenvalue weighted by atomic mass is 35.5. The first kappa shape index (κ1) is 24.6. The largest absolute Gasteiger partial charge is 0.492 e. The minimum absolute atomic E-state index is 0. The maximum atomic E-state index is 12.5. The first-order valence-electron chi connectivity index (χ1n) is 9.66. The van der Waals surface area contributed by atoms with Crippen LogP contribution in [0.1, 0.15) is 40.7 Å². The topological polar surface area (TPSA) is 98.5 Å². The second-order valence-corrected chi connectivity index (χ2v) is 9.01. The van der Waals surface area contributed by atoms with Gasteiger partial charge in [0, 0.05) is 23.4 Å². The van der Waals surface area contributed by atoms with Gasteiger partial charge in [-0.1, -0.05) is 29.8 Å². The summed E-state index contributed by atoms with van der Waals surface area (Å²) in [4.78, 5) is 12.4. The van der Waals surface area contributed by atoms with Crippen LogP contribution in [-0.4, -0.2) is 33.9 Å². The number of ketones is 1. The Balaban J connectivity index is 0.00000320. The zero-order valence-corrected chi connectivity index (χ0v) is 18.9. The Hall–Kier alpha value is -1.64. The molecule has 3 N–H and O–H groups in total. The number of carbonyl (C=O) groups is 1. The third kappa shape index (κ3) is 6.43. The lowest BCUT2D eigenvalue weighted by Gasteiger charge is -2.09. The number of sulfonamides is 1. The maximum absolute atomic E-state index is 12.5. The summed E-state index contributed by atoms with van der Waals surface area (Å²) >= 11 is 6.14. The van der Waals surface area contributed by atoms with Crippen LogP contribution >= 0.6 is 24.0 Å². The zero-order chi connectivity index (χ0) is 20.9. The number of rotatable bonds is 10. The summed E-state index contributed by atoms with van der Waals surface area (Å²) in [6, 6.07) is 10.8. The Bertz CT molecular complexity index is 996. The van der Waals surface area contributed by atoms with E-state index in [2.05, 4.69) is 5.32 Å². The highest BCUT2D eigenvalue weighted by molar-refractivity contribution is 7.89. The van der Waals surface area contributed by atoms with E-state index in [0.29, 0.717) is 25.0 Å². The van der Waals surface area contributed by atoms with Gasteiger partial charge in [0.2, 0.25) is 10.0 Å². The van der Waals surface area contributed by atoms with Gasteiger partial charge in [-0.05, 0) is 61.7 Å². The fraction of sp³-hybridized carbons (Fsp3) is 0.381. The molecule has 9 heteroatoms. The Morgan fingerprint density at radius 2 is 1.93 bits per heavy atom. The van der Waals surface area contributed by atoms with Crippen molar-refractivity contribution in [2.75, 3.05) is 19.7 Å². The first-order valence-corrected chi connectivity index (χ1v) is 11.6. The normalized spacial score (nSPS) is 12.7. The fourth-order valence-electron chi connectivity index (χ4n) is 3.37. The molecule has 30 heavy (non-hydrogen) atoms. The maximum Gasteiger partial charge on any atom is 0.241 e. The van der Waals surface area contributed by atoms with Crippen LogP contribution in [0.5, 0.6) is 5.75 Å². The SMILES string of the molecule is Cl.NS(=O)(=O)c1cc(C(=O)CCCCNCCc2ccccc2Cl)cc2c1OCC2. The van der Waals surface area contributed by atoms with E-state index >= 15 is 0 Å². The predicted molar refractivity (Wildman–Crippen MR) is 120 cm³/mol. The Kier molecular flexibility index (Phi) is 9.12. The first-order chi connectivity index (χ1) is 13.9. The van der Waals surface area contributed by atoms with E-state index in [1.165, 1.54) is 6.07 Å². The summed E-state index contributed by atoms with van der Waals surface area (Å²) in [5, 5.41) is 9.41. The summed E-state index contributed by atoms with van der Waals surface area (Å²) in [5.74, 6) is 0.201. The van der Waals surface area contributed by atoms with E-state index in [0.717, 1.165) is 48.5 Å². The highest BCUT2D eigenvalue weighted by Gasteiger charge is 2.25. The molecular weight excluding hydrogens is 447 g/mol. The van der Waals surface area contributed by atoms with Crippen LogP contribution in [0.25, 0.3) is 0 Å². The monoisotopic (exact) mass is 472 g/mol. The van der Waals surface area contributed by atoms with Crippen molar-refractivity contribution in [1.82, 2.24) is 5.32 Å². The van der Waals surface area contributed by atoms with Gasteiger partial charge in [0.15, 0.2) is 5.78 Å². The van der Waals surface area contributed by atoms with Crippen molar-refractivity contribution in [1.29, 1.82) is 0 Å². The summed E-state index contributed by atoms with van der Waals surface area (Å²) in [7, 11) is -3.94. The highest BCUT2D eigenvalue weighted by Crippen LogP contribution is 2.34. The molecule has 0 saturated carbocycles. The third-order valence-corrected chi connectivity index (χ3v) is 6.20. The number of unbranched alkanes of at least 4 members (excludes halogenated alkanes) is 1. The second kappa shape index (κ2) is 11.1. The molecule has 2 aromatic carbocycles. The van der Waals surface area contributed by atoms with Crippen molar-refractivity contribution >= 4 is 39.8 Å². The summed E-state index contributed by atoms with van der Waals surface area (Å²) in [5.41, 5.74) is 2.22. The van der Waals surface area contributed by atoms with Crippen LogP contribution in [0, 0.1) is 0 Å². The minimum atomic E-state index is -3.94. The average Bonchev–Trinajstić information content (AvgIpc) is 3.15. The van der Waals surface area contributed by atoms with Crippen molar-refractivity contribution in [3.8, 4) is 5.75 Å². The lowest BCUT2D eigenvalue weighted by atomic mass is 10.0. The van der Waals surface area contributed by atoms with Crippen LogP contribution in [-0.2, 0) is 22.9 Å². The summed E-state index contributed by atoms with van der Waals surface area (Å²) in [6.45, 7) is 2.02. The fourth-order valence-corrected chi connectivity index (χ4v) is 4.34. The minimum Gasteiger partial charge on any atom is -0.492 e. The molecule has 0 unspecified atom stereocenters. The molecule has 1 aliphatic heterocycles.